The van der Waals surface area contributed by atoms with Crippen LogP contribution in [-0.2, 0) is 0 Å². The van der Waals surface area contributed by atoms with Crippen molar-refractivity contribution in [1.29, 1.82) is 0 Å². The molecule has 1 aromatic heterocycles. The molecule has 82 valence electrons. The Bertz CT molecular complexity index is 486. The number of halogens is 3. The first-order chi connectivity index (χ1) is 7.66. The van der Waals surface area contributed by atoms with Crippen molar-refractivity contribution >= 4 is 11.6 Å². The second-order valence-corrected chi connectivity index (χ2v) is 3.51. The summed E-state index contributed by atoms with van der Waals surface area (Å²) in [6, 6.07) is 7.35. The van der Waals surface area contributed by atoms with E-state index >= 15 is 0 Å². The predicted octanol–water partition coefficient (Wildman–Crippen LogP) is 3.73. The first-order valence-corrected chi connectivity index (χ1v) is 4.91. The fourth-order valence-corrected chi connectivity index (χ4v) is 1.39. The molecule has 0 amide bonds. The number of aromatic nitrogens is 2. The van der Waals surface area contributed by atoms with Crippen LogP contribution in [0.25, 0.3) is 11.4 Å². The summed E-state index contributed by atoms with van der Waals surface area (Å²) in [4.78, 5) is 7.99. The molecule has 0 unspecified atom stereocenters. The molecule has 0 spiro atoms. The molecule has 0 aliphatic rings. The highest BCUT2D eigenvalue weighted by Crippen LogP contribution is 2.22. The van der Waals surface area contributed by atoms with Crippen LogP contribution in [0.2, 0.25) is 5.15 Å². The molecule has 0 aliphatic heterocycles. The molecular formula is C11H7ClF2N2. The Balaban J connectivity index is 2.35. The van der Waals surface area contributed by atoms with E-state index in [0.717, 1.165) is 0 Å². The van der Waals surface area contributed by atoms with Gasteiger partial charge in [0.05, 0.1) is 0 Å². The maximum absolute atomic E-state index is 12.3. The molecule has 16 heavy (non-hydrogen) atoms. The van der Waals surface area contributed by atoms with Crippen LogP contribution < -0.4 is 0 Å². The van der Waals surface area contributed by atoms with E-state index in [0.29, 0.717) is 16.5 Å². The molecule has 2 rings (SSSR count). The molecule has 2 nitrogen and oxygen atoms in total. The molecule has 0 N–H and O–H groups in total. The van der Waals surface area contributed by atoms with Gasteiger partial charge in [-0.15, -0.1) is 0 Å². The van der Waals surface area contributed by atoms with Crippen molar-refractivity contribution in [3.63, 3.8) is 0 Å². The fourth-order valence-electron chi connectivity index (χ4n) is 1.25. The number of nitrogens with zero attached hydrogens (tertiary/aromatic N) is 2. The molecule has 0 bridgehead atoms. The van der Waals surface area contributed by atoms with Crippen molar-refractivity contribution in [2.24, 2.45) is 0 Å². The van der Waals surface area contributed by atoms with E-state index in [1.54, 1.807) is 18.2 Å². The zero-order valence-corrected chi connectivity index (χ0v) is 8.83. The third-order valence-electron chi connectivity index (χ3n) is 2.04. The van der Waals surface area contributed by atoms with Gasteiger partial charge < -0.3 is 0 Å². The van der Waals surface area contributed by atoms with Crippen LogP contribution in [-0.4, -0.2) is 9.97 Å². The lowest BCUT2D eigenvalue weighted by atomic mass is 10.1. The van der Waals surface area contributed by atoms with Gasteiger partial charge in [0.1, 0.15) is 5.15 Å². The van der Waals surface area contributed by atoms with Crippen molar-refractivity contribution in [3.8, 4) is 11.4 Å². The zero-order chi connectivity index (χ0) is 11.5. The second kappa shape index (κ2) is 4.53. The van der Waals surface area contributed by atoms with Crippen molar-refractivity contribution in [1.82, 2.24) is 9.97 Å². The van der Waals surface area contributed by atoms with Gasteiger partial charge in [-0.2, -0.15) is 0 Å². The van der Waals surface area contributed by atoms with Crippen LogP contribution in [0.1, 0.15) is 12.0 Å². The molecule has 0 saturated carbocycles. The average molecular weight is 241 g/mol. The highest BCUT2D eigenvalue weighted by atomic mass is 35.5. The Morgan fingerprint density at radius 3 is 2.31 bits per heavy atom. The minimum absolute atomic E-state index is 0.0224. The lowest BCUT2D eigenvalue weighted by Crippen LogP contribution is -1.89. The minimum atomic E-state index is -2.46. The monoisotopic (exact) mass is 240 g/mol. The van der Waals surface area contributed by atoms with Crippen LogP contribution in [0.15, 0.2) is 36.5 Å². The molecule has 0 atom stereocenters. The van der Waals surface area contributed by atoms with Crippen molar-refractivity contribution in [3.05, 3.63) is 47.2 Å². The average Bonchev–Trinajstić information content (AvgIpc) is 2.29. The van der Waals surface area contributed by atoms with Gasteiger partial charge in [-0.05, 0) is 6.07 Å². The Kier molecular flexibility index (Phi) is 3.10. The highest BCUT2D eigenvalue weighted by molar-refractivity contribution is 6.29. The smallest absolute Gasteiger partial charge is 0.236 e. The van der Waals surface area contributed by atoms with Crippen molar-refractivity contribution in [2.75, 3.05) is 0 Å². The summed E-state index contributed by atoms with van der Waals surface area (Å²) in [6.07, 6.45) is -0.944. The third kappa shape index (κ3) is 2.33. The molecule has 0 aliphatic carbocycles. The van der Waals surface area contributed by atoms with Crippen LogP contribution in [0.5, 0.6) is 0 Å². The van der Waals surface area contributed by atoms with Gasteiger partial charge in [-0.1, -0.05) is 35.9 Å². The maximum Gasteiger partial charge on any atom is 0.263 e. The maximum atomic E-state index is 12.3. The molecule has 0 saturated heterocycles. The van der Waals surface area contributed by atoms with Gasteiger partial charge >= 0.3 is 0 Å². The van der Waals surface area contributed by atoms with E-state index in [1.165, 1.54) is 18.3 Å². The number of hydrogen-bond acceptors (Lipinski definition) is 2. The Morgan fingerprint density at radius 2 is 1.75 bits per heavy atom. The van der Waals surface area contributed by atoms with E-state index in [9.17, 15) is 8.78 Å². The van der Waals surface area contributed by atoms with Crippen LogP contribution in [0.4, 0.5) is 8.78 Å². The van der Waals surface area contributed by atoms with E-state index in [2.05, 4.69) is 9.97 Å². The molecule has 0 radical (unpaired) electrons. The van der Waals surface area contributed by atoms with Crippen molar-refractivity contribution in [2.45, 2.75) is 6.43 Å². The first-order valence-electron chi connectivity index (χ1n) is 4.54. The summed E-state index contributed by atoms with van der Waals surface area (Å²) in [7, 11) is 0. The van der Waals surface area contributed by atoms with E-state index in [1.807, 2.05) is 0 Å². The third-order valence-corrected chi connectivity index (χ3v) is 2.25. The summed E-state index contributed by atoms with van der Waals surface area (Å²) in [5.74, 6) is 0.424. The normalized spacial score (nSPS) is 10.8. The van der Waals surface area contributed by atoms with Gasteiger partial charge in [0, 0.05) is 17.3 Å². The minimum Gasteiger partial charge on any atom is -0.236 e. The van der Waals surface area contributed by atoms with Gasteiger partial charge in [0.2, 0.25) is 0 Å². The summed E-state index contributed by atoms with van der Waals surface area (Å²) >= 11 is 5.71. The molecule has 2 aromatic rings. The largest absolute Gasteiger partial charge is 0.263 e. The van der Waals surface area contributed by atoms with Crippen LogP contribution >= 0.6 is 11.6 Å². The number of benzene rings is 1. The molecule has 1 heterocycles. The molecule has 5 heteroatoms. The van der Waals surface area contributed by atoms with Gasteiger partial charge in [-0.25, -0.2) is 18.7 Å². The number of hydrogen-bond donors (Lipinski definition) is 0. The highest BCUT2D eigenvalue weighted by Gasteiger charge is 2.07. The van der Waals surface area contributed by atoms with E-state index < -0.39 is 6.43 Å². The van der Waals surface area contributed by atoms with E-state index in [-0.39, 0.29) is 5.56 Å². The Hall–Kier alpha value is -1.55. The van der Waals surface area contributed by atoms with Crippen LogP contribution in [0, 0.1) is 0 Å². The summed E-state index contributed by atoms with van der Waals surface area (Å²) in [5, 5.41) is 0.322. The Labute approximate surface area is 95.9 Å². The molecule has 0 fully saturated rings. The van der Waals surface area contributed by atoms with Crippen molar-refractivity contribution < 1.29 is 8.78 Å². The topological polar surface area (TPSA) is 25.8 Å². The second-order valence-electron chi connectivity index (χ2n) is 3.13. The van der Waals surface area contributed by atoms with Gasteiger partial charge in [-0.3, -0.25) is 0 Å². The lowest BCUT2D eigenvalue weighted by molar-refractivity contribution is 0.151. The fraction of sp³-hybridized carbons (Fsp3) is 0.0909. The van der Waals surface area contributed by atoms with E-state index in [4.69, 9.17) is 11.6 Å². The molecular weight excluding hydrogens is 234 g/mol. The zero-order valence-electron chi connectivity index (χ0n) is 8.07. The quantitative estimate of drug-likeness (QED) is 0.748. The SMILES string of the molecule is FC(F)c1ccc(-c2nccc(Cl)n2)cc1. The number of alkyl halides is 2. The lowest BCUT2D eigenvalue weighted by Gasteiger charge is -2.02. The summed E-state index contributed by atoms with van der Waals surface area (Å²) in [5.41, 5.74) is 0.637. The first kappa shape index (κ1) is 11.0. The standard InChI is InChI=1S/C11H7ClF2N2/c12-9-5-6-15-11(16-9)8-3-1-7(2-4-8)10(13)14/h1-6,10H. The summed E-state index contributed by atoms with van der Waals surface area (Å²) in [6.45, 7) is 0. The molecule has 1 aromatic carbocycles. The summed E-state index contributed by atoms with van der Waals surface area (Å²) < 4.78 is 24.6. The predicted molar refractivity (Wildman–Crippen MR) is 57.4 cm³/mol. The van der Waals surface area contributed by atoms with Gasteiger partial charge in [0.25, 0.3) is 6.43 Å². The number of rotatable bonds is 2. The Morgan fingerprint density at radius 1 is 1.06 bits per heavy atom. The van der Waals surface area contributed by atoms with Crippen LogP contribution in [0.3, 0.4) is 0 Å². The van der Waals surface area contributed by atoms with Gasteiger partial charge in [0.15, 0.2) is 5.82 Å².